The molecule has 4 nitrogen and oxygen atoms in total. The summed E-state index contributed by atoms with van der Waals surface area (Å²) in [6, 6.07) is 16.8. The van der Waals surface area contributed by atoms with Crippen LogP contribution in [0, 0.1) is 20.8 Å². The second kappa shape index (κ2) is 13.1. The molecular formula is C25H31F4N3O. The standard InChI is InChI=1S/C16H17F3N2.C7H9N.C2H4O.FH/c1-9-7-11(20)3-5-13(9)15(16(17,18)19)14-6-4-12(21)8-10(14)2;1-6-3-2-4-7(8)5-6;1-2-3;/h3-8,15H,20-21H2,1-2H3;2-5H,8H2,1H3;2H,1H3;1H. The number of carbonyl (C=O) groups is 1. The Bertz CT molecular complexity index is 968. The quantitative estimate of drug-likeness (QED) is 0.242. The molecule has 6 N–H and O–H groups in total. The number of rotatable bonds is 2. The number of anilines is 3. The molecule has 0 aromatic heterocycles. The zero-order valence-electron chi connectivity index (χ0n) is 19.1. The first-order valence-electron chi connectivity index (χ1n) is 9.91. The normalized spacial score (nSPS) is 10.2. The van der Waals surface area contributed by atoms with E-state index >= 15 is 0 Å². The summed E-state index contributed by atoms with van der Waals surface area (Å²) >= 11 is 0. The molecule has 0 radical (unpaired) electrons. The maximum Gasteiger partial charge on any atom is 0.399 e. The zero-order valence-corrected chi connectivity index (χ0v) is 19.1. The predicted octanol–water partition coefficient (Wildman–Crippen LogP) is 6.10. The molecule has 0 atom stereocenters. The van der Waals surface area contributed by atoms with E-state index in [4.69, 9.17) is 22.0 Å². The molecular weight excluding hydrogens is 434 g/mol. The second-order valence-corrected chi connectivity index (χ2v) is 7.36. The Morgan fingerprint density at radius 1 is 0.758 bits per heavy atom. The topological polar surface area (TPSA) is 95.1 Å². The Morgan fingerprint density at radius 2 is 1.15 bits per heavy atom. The highest BCUT2D eigenvalue weighted by atomic mass is 19.4. The molecule has 0 aliphatic carbocycles. The second-order valence-electron chi connectivity index (χ2n) is 7.36. The minimum Gasteiger partial charge on any atom is -0.399 e. The third-order valence-corrected chi connectivity index (χ3v) is 4.58. The molecule has 0 fully saturated rings. The van der Waals surface area contributed by atoms with E-state index in [-0.39, 0.29) is 15.8 Å². The molecule has 0 saturated carbocycles. The number of aryl methyl sites for hydroxylation is 3. The number of benzene rings is 3. The first-order valence-corrected chi connectivity index (χ1v) is 9.91. The van der Waals surface area contributed by atoms with E-state index in [1.807, 2.05) is 31.2 Å². The minimum atomic E-state index is -4.39. The monoisotopic (exact) mass is 465 g/mol. The van der Waals surface area contributed by atoms with Crippen LogP contribution >= 0.6 is 0 Å². The Labute approximate surface area is 192 Å². The number of nitrogen functional groups attached to an aromatic ring is 3. The summed E-state index contributed by atoms with van der Waals surface area (Å²) in [6.45, 7) is 6.74. The van der Waals surface area contributed by atoms with Crippen molar-refractivity contribution in [2.24, 2.45) is 0 Å². The number of aldehydes is 1. The maximum atomic E-state index is 13.6. The number of hydrogen-bond donors (Lipinski definition) is 3. The van der Waals surface area contributed by atoms with Gasteiger partial charge in [0.15, 0.2) is 0 Å². The number of hydrogen-bond acceptors (Lipinski definition) is 4. The van der Waals surface area contributed by atoms with Crippen LogP contribution in [-0.4, -0.2) is 12.5 Å². The summed E-state index contributed by atoms with van der Waals surface area (Å²) in [7, 11) is 0. The van der Waals surface area contributed by atoms with Crippen molar-refractivity contribution in [1.82, 2.24) is 0 Å². The molecule has 3 rings (SSSR count). The highest BCUT2D eigenvalue weighted by molar-refractivity contribution is 5.52. The van der Waals surface area contributed by atoms with Gasteiger partial charge in [0.2, 0.25) is 0 Å². The van der Waals surface area contributed by atoms with Crippen LogP contribution in [0.5, 0.6) is 0 Å². The van der Waals surface area contributed by atoms with Gasteiger partial charge in [-0.25, -0.2) is 0 Å². The van der Waals surface area contributed by atoms with Crippen LogP contribution in [0.1, 0.15) is 40.7 Å². The summed E-state index contributed by atoms with van der Waals surface area (Å²) in [5.41, 5.74) is 21.1. The maximum absolute atomic E-state index is 13.6. The number of carbonyl (C=O) groups excluding carboxylic acids is 1. The lowest BCUT2D eigenvalue weighted by molar-refractivity contribution is -0.141. The van der Waals surface area contributed by atoms with E-state index in [1.165, 1.54) is 36.8 Å². The Balaban J connectivity index is 0.000000710. The van der Waals surface area contributed by atoms with Crippen LogP contribution in [0.3, 0.4) is 0 Å². The van der Waals surface area contributed by atoms with Crippen LogP contribution in [0.15, 0.2) is 60.7 Å². The van der Waals surface area contributed by atoms with Crippen LogP contribution in [-0.2, 0) is 4.79 Å². The van der Waals surface area contributed by atoms with Crippen LogP contribution in [0.2, 0.25) is 0 Å². The summed E-state index contributed by atoms with van der Waals surface area (Å²) < 4.78 is 40.8. The minimum absolute atomic E-state index is 0. The van der Waals surface area contributed by atoms with Gasteiger partial charge in [0, 0.05) is 17.1 Å². The van der Waals surface area contributed by atoms with Gasteiger partial charge in [-0.05, 0) is 91.9 Å². The largest absolute Gasteiger partial charge is 0.399 e. The SMILES string of the molecule is CC=O.Cc1cc(N)ccc1C(c1ccc(N)cc1C)C(F)(F)F.Cc1cccc(N)c1.F. The number of nitrogens with two attached hydrogens (primary N) is 3. The number of halogens is 4. The molecule has 0 unspecified atom stereocenters. The highest BCUT2D eigenvalue weighted by Gasteiger charge is 2.43. The molecule has 3 aromatic carbocycles. The molecule has 0 aliphatic rings. The third kappa shape index (κ3) is 9.22. The molecule has 3 aromatic rings. The lowest BCUT2D eigenvalue weighted by Crippen LogP contribution is -2.23. The fraction of sp³-hybridized carbons (Fsp3) is 0.240. The molecule has 0 amide bonds. The van der Waals surface area contributed by atoms with Crippen LogP contribution in [0.4, 0.5) is 34.9 Å². The van der Waals surface area contributed by atoms with Crippen molar-refractivity contribution in [2.75, 3.05) is 17.2 Å². The van der Waals surface area contributed by atoms with E-state index in [0.717, 1.165) is 12.0 Å². The summed E-state index contributed by atoms with van der Waals surface area (Å²) in [5, 5.41) is 0. The predicted molar refractivity (Wildman–Crippen MR) is 129 cm³/mol. The van der Waals surface area contributed by atoms with Gasteiger partial charge in [0.05, 0.1) is 0 Å². The third-order valence-electron chi connectivity index (χ3n) is 4.58. The Kier molecular flexibility index (Phi) is 11.7. The van der Waals surface area contributed by atoms with E-state index in [0.29, 0.717) is 22.5 Å². The van der Waals surface area contributed by atoms with Gasteiger partial charge < -0.3 is 22.0 Å². The van der Waals surface area contributed by atoms with E-state index < -0.39 is 12.1 Å². The van der Waals surface area contributed by atoms with Crippen molar-refractivity contribution in [3.05, 3.63) is 88.5 Å². The van der Waals surface area contributed by atoms with Crippen LogP contribution in [0.25, 0.3) is 0 Å². The van der Waals surface area contributed by atoms with Gasteiger partial charge in [-0.15, -0.1) is 0 Å². The van der Waals surface area contributed by atoms with Gasteiger partial charge >= 0.3 is 6.18 Å². The summed E-state index contributed by atoms with van der Waals surface area (Å²) in [4.78, 5) is 8.81. The summed E-state index contributed by atoms with van der Waals surface area (Å²) in [6.07, 6.45) is -3.64. The molecule has 0 saturated heterocycles. The Morgan fingerprint density at radius 3 is 1.42 bits per heavy atom. The van der Waals surface area contributed by atoms with E-state index in [2.05, 4.69) is 0 Å². The van der Waals surface area contributed by atoms with Gasteiger partial charge in [-0.2, -0.15) is 13.2 Å². The van der Waals surface area contributed by atoms with Crippen molar-refractivity contribution in [1.29, 1.82) is 0 Å². The zero-order chi connectivity index (χ0) is 24.5. The highest BCUT2D eigenvalue weighted by Crippen LogP contribution is 2.43. The molecule has 180 valence electrons. The van der Waals surface area contributed by atoms with Crippen molar-refractivity contribution in [2.45, 2.75) is 39.8 Å². The van der Waals surface area contributed by atoms with Crippen LogP contribution < -0.4 is 17.2 Å². The summed E-state index contributed by atoms with van der Waals surface area (Å²) in [5.74, 6) is -1.68. The lowest BCUT2D eigenvalue weighted by atomic mass is 9.85. The van der Waals surface area contributed by atoms with Crippen molar-refractivity contribution in [3.63, 3.8) is 0 Å². The smallest absolute Gasteiger partial charge is 0.399 e. The van der Waals surface area contributed by atoms with Gasteiger partial charge in [0.25, 0.3) is 0 Å². The fourth-order valence-corrected chi connectivity index (χ4v) is 3.24. The van der Waals surface area contributed by atoms with E-state index in [9.17, 15) is 13.2 Å². The molecule has 0 aliphatic heterocycles. The van der Waals surface area contributed by atoms with Gasteiger partial charge in [0.1, 0.15) is 12.2 Å². The molecule has 33 heavy (non-hydrogen) atoms. The Hall–Kier alpha value is -3.55. The average Bonchev–Trinajstić information content (AvgIpc) is 2.65. The first-order chi connectivity index (χ1) is 14.9. The molecule has 0 bridgehead atoms. The fourth-order valence-electron chi connectivity index (χ4n) is 3.24. The first kappa shape index (κ1) is 29.5. The van der Waals surface area contributed by atoms with Gasteiger partial charge in [-0.3, -0.25) is 4.70 Å². The van der Waals surface area contributed by atoms with Crippen molar-refractivity contribution < 1.29 is 22.7 Å². The van der Waals surface area contributed by atoms with E-state index in [1.54, 1.807) is 26.0 Å². The van der Waals surface area contributed by atoms with Crippen molar-refractivity contribution in [3.8, 4) is 0 Å². The average molecular weight is 466 g/mol. The molecule has 0 spiro atoms. The lowest BCUT2D eigenvalue weighted by Gasteiger charge is -2.25. The van der Waals surface area contributed by atoms with Crippen molar-refractivity contribution >= 4 is 23.3 Å². The number of alkyl halides is 3. The van der Waals surface area contributed by atoms with Gasteiger partial charge in [-0.1, -0.05) is 24.3 Å². The molecule has 0 heterocycles. The molecule has 8 heteroatoms.